The van der Waals surface area contributed by atoms with Crippen molar-refractivity contribution in [2.45, 2.75) is 6.54 Å². The Morgan fingerprint density at radius 1 is 1.10 bits per heavy atom. The Labute approximate surface area is 131 Å². The van der Waals surface area contributed by atoms with Gasteiger partial charge in [-0.15, -0.1) is 0 Å². The van der Waals surface area contributed by atoms with Crippen LogP contribution in [-0.4, -0.2) is 19.1 Å². The molecule has 1 aliphatic rings. The van der Waals surface area contributed by atoms with Gasteiger partial charge in [-0.3, -0.25) is 4.79 Å². The molecule has 0 bridgehead atoms. The van der Waals surface area contributed by atoms with Gasteiger partial charge in [-0.25, -0.2) is 0 Å². The smallest absolute Gasteiger partial charge is 0.255 e. The lowest BCUT2D eigenvalue weighted by atomic mass is 10.1. The molecule has 0 atom stereocenters. The van der Waals surface area contributed by atoms with Crippen LogP contribution >= 0.6 is 15.9 Å². The Bertz CT molecular complexity index is 672. The predicted molar refractivity (Wildman–Crippen MR) is 82.7 cm³/mol. The number of hydrogen-bond acceptors (Lipinski definition) is 3. The molecular weight excluding hydrogens is 334 g/mol. The Balaban J connectivity index is 1.76. The quantitative estimate of drug-likeness (QED) is 0.927. The highest BCUT2D eigenvalue weighted by Crippen LogP contribution is 2.33. The van der Waals surface area contributed by atoms with Gasteiger partial charge in [-0.1, -0.05) is 40.2 Å². The van der Waals surface area contributed by atoms with Gasteiger partial charge in [0.15, 0.2) is 11.5 Å². The number of halogens is 1. The van der Waals surface area contributed by atoms with Crippen LogP contribution in [-0.2, 0) is 6.54 Å². The minimum absolute atomic E-state index is 0.173. The number of rotatable bonds is 3. The summed E-state index contributed by atoms with van der Waals surface area (Å²) in [6, 6.07) is 13.1. The third kappa shape index (κ3) is 3.03. The lowest BCUT2D eigenvalue weighted by molar-refractivity contribution is 0.0939. The number of carbonyl (C=O) groups is 1. The summed E-state index contributed by atoms with van der Waals surface area (Å²) in [5.41, 5.74) is 1.52. The van der Waals surface area contributed by atoms with Crippen LogP contribution in [0.4, 0.5) is 0 Å². The van der Waals surface area contributed by atoms with Crippen LogP contribution < -0.4 is 14.8 Å². The topological polar surface area (TPSA) is 47.6 Å². The maximum Gasteiger partial charge on any atom is 0.255 e. The molecule has 0 unspecified atom stereocenters. The second-order valence-corrected chi connectivity index (χ2v) is 5.46. The number of fused-ring (bicyclic) bond motifs is 1. The molecule has 0 spiro atoms. The standard InChI is InChI=1S/C16H14BrNO3/c17-13-6-2-1-4-11(13)10-18-16(19)12-5-3-7-14-15(12)21-9-8-20-14/h1-7H,8-10H2,(H,18,19). The molecule has 0 saturated heterocycles. The van der Waals surface area contributed by atoms with Crippen molar-refractivity contribution in [3.05, 3.63) is 58.1 Å². The van der Waals surface area contributed by atoms with Gasteiger partial charge in [0.25, 0.3) is 5.91 Å². The number of carbonyl (C=O) groups excluding carboxylic acids is 1. The Morgan fingerprint density at radius 2 is 1.90 bits per heavy atom. The third-order valence-corrected chi connectivity index (χ3v) is 3.98. The van der Waals surface area contributed by atoms with Crippen LogP contribution in [0.1, 0.15) is 15.9 Å². The summed E-state index contributed by atoms with van der Waals surface area (Å²) >= 11 is 3.47. The summed E-state index contributed by atoms with van der Waals surface area (Å²) in [6.07, 6.45) is 0. The zero-order valence-electron chi connectivity index (χ0n) is 11.3. The Morgan fingerprint density at radius 3 is 2.76 bits per heavy atom. The molecule has 0 aromatic heterocycles. The molecule has 5 heteroatoms. The molecule has 1 N–H and O–H groups in total. The molecule has 4 nitrogen and oxygen atoms in total. The number of amides is 1. The zero-order chi connectivity index (χ0) is 14.7. The normalized spacial score (nSPS) is 12.8. The summed E-state index contributed by atoms with van der Waals surface area (Å²) in [5.74, 6) is 0.969. The lowest BCUT2D eigenvalue weighted by Gasteiger charge is -2.20. The van der Waals surface area contributed by atoms with E-state index >= 15 is 0 Å². The second-order valence-electron chi connectivity index (χ2n) is 4.60. The average molecular weight is 348 g/mol. The first-order valence-electron chi connectivity index (χ1n) is 6.66. The van der Waals surface area contributed by atoms with E-state index in [0.717, 1.165) is 10.0 Å². The minimum Gasteiger partial charge on any atom is -0.486 e. The SMILES string of the molecule is O=C(NCc1ccccc1Br)c1cccc2c1OCCO2. The van der Waals surface area contributed by atoms with Crippen molar-refractivity contribution >= 4 is 21.8 Å². The van der Waals surface area contributed by atoms with Crippen LogP contribution in [0.2, 0.25) is 0 Å². The van der Waals surface area contributed by atoms with Crippen LogP contribution in [0.15, 0.2) is 46.9 Å². The molecule has 108 valence electrons. The zero-order valence-corrected chi connectivity index (χ0v) is 12.9. The number of benzene rings is 2. The van der Waals surface area contributed by atoms with Gasteiger partial charge in [0.05, 0.1) is 5.56 Å². The number of para-hydroxylation sites is 1. The Kier molecular flexibility index (Phi) is 4.10. The average Bonchev–Trinajstić information content (AvgIpc) is 2.53. The molecule has 21 heavy (non-hydrogen) atoms. The van der Waals surface area contributed by atoms with E-state index in [9.17, 15) is 4.79 Å². The largest absolute Gasteiger partial charge is 0.486 e. The molecule has 0 radical (unpaired) electrons. The van der Waals surface area contributed by atoms with Gasteiger partial charge in [-0.05, 0) is 23.8 Å². The van der Waals surface area contributed by atoms with E-state index in [1.165, 1.54) is 0 Å². The molecule has 0 fully saturated rings. The van der Waals surface area contributed by atoms with Crippen molar-refractivity contribution in [3.63, 3.8) is 0 Å². The highest BCUT2D eigenvalue weighted by atomic mass is 79.9. The van der Waals surface area contributed by atoms with E-state index in [2.05, 4.69) is 21.2 Å². The Hall–Kier alpha value is -2.01. The van der Waals surface area contributed by atoms with Crippen molar-refractivity contribution < 1.29 is 14.3 Å². The van der Waals surface area contributed by atoms with E-state index in [4.69, 9.17) is 9.47 Å². The van der Waals surface area contributed by atoms with Gasteiger partial charge in [0.2, 0.25) is 0 Å². The van der Waals surface area contributed by atoms with Crippen molar-refractivity contribution in [2.75, 3.05) is 13.2 Å². The van der Waals surface area contributed by atoms with Crippen LogP contribution in [0.3, 0.4) is 0 Å². The third-order valence-electron chi connectivity index (χ3n) is 3.21. The lowest BCUT2D eigenvalue weighted by Crippen LogP contribution is -2.25. The fourth-order valence-electron chi connectivity index (χ4n) is 2.17. The van der Waals surface area contributed by atoms with Gasteiger partial charge in [0.1, 0.15) is 13.2 Å². The van der Waals surface area contributed by atoms with Crippen LogP contribution in [0.5, 0.6) is 11.5 Å². The molecule has 0 saturated carbocycles. The molecule has 1 amide bonds. The first-order valence-corrected chi connectivity index (χ1v) is 7.45. The van der Waals surface area contributed by atoms with Gasteiger partial charge in [0, 0.05) is 11.0 Å². The first kappa shape index (κ1) is 13.9. The van der Waals surface area contributed by atoms with Crippen molar-refractivity contribution in [2.24, 2.45) is 0 Å². The summed E-state index contributed by atoms with van der Waals surface area (Å²) in [6.45, 7) is 1.42. The number of hydrogen-bond donors (Lipinski definition) is 1. The number of ether oxygens (including phenoxy) is 2. The van der Waals surface area contributed by atoms with E-state index in [1.807, 2.05) is 24.3 Å². The van der Waals surface area contributed by atoms with Crippen LogP contribution in [0.25, 0.3) is 0 Å². The summed E-state index contributed by atoms with van der Waals surface area (Å²) < 4.78 is 12.0. The van der Waals surface area contributed by atoms with E-state index in [0.29, 0.717) is 36.8 Å². The molecule has 2 aromatic carbocycles. The van der Waals surface area contributed by atoms with Crippen molar-refractivity contribution in [3.8, 4) is 11.5 Å². The van der Waals surface area contributed by atoms with E-state index in [1.54, 1.807) is 18.2 Å². The van der Waals surface area contributed by atoms with Gasteiger partial charge in [-0.2, -0.15) is 0 Å². The van der Waals surface area contributed by atoms with Crippen LogP contribution in [0, 0.1) is 0 Å². The summed E-state index contributed by atoms with van der Waals surface area (Å²) in [5, 5.41) is 2.90. The highest BCUT2D eigenvalue weighted by Gasteiger charge is 2.20. The molecular formula is C16H14BrNO3. The van der Waals surface area contributed by atoms with Gasteiger partial charge >= 0.3 is 0 Å². The highest BCUT2D eigenvalue weighted by molar-refractivity contribution is 9.10. The second kappa shape index (κ2) is 6.18. The maximum absolute atomic E-state index is 12.3. The molecule has 3 rings (SSSR count). The summed E-state index contributed by atoms with van der Waals surface area (Å²) in [7, 11) is 0. The molecule has 1 aliphatic heterocycles. The maximum atomic E-state index is 12.3. The first-order chi connectivity index (χ1) is 10.3. The van der Waals surface area contributed by atoms with Crippen molar-refractivity contribution in [1.82, 2.24) is 5.32 Å². The fourth-order valence-corrected chi connectivity index (χ4v) is 2.59. The summed E-state index contributed by atoms with van der Waals surface area (Å²) in [4.78, 5) is 12.3. The molecule has 0 aliphatic carbocycles. The predicted octanol–water partition coefficient (Wildman–Crippen LogP) is 3.15. The van der Waals surface area contributed by atoms with Gasteiger partial charge < -0.3 is 14.8 Å². The van der Waals surface area contributed by atoms with E-state index in [-0.39, 0.29) is 5.91 Å². The number of nitrogens with one attached hydrogen (secondary N) is 1. The molecule has 2 aromatic rings. The fraction of sp³-hybridized carbons (Fsp3) is 0.188. The molecule has 1 heterocycles. The van der Waals surface area contributed by atoms with E-state index < -0.39 is 0 Å². The van der Waals surface area contributed by atoms with Crippen molar-refractivity contribution in [1.29, 1.82) is 0 Å². The monoisotopic (exact) mass is 347 g/mol. The minimum atomic E-state index is -0.173.